The molecule has 0 amide bonds. The van der Waals surface area contributed by atoms with Gasteiger partial charge in [0.25, 0.3) is 5.56 Å². The van der Waals surface area contributed by atoms with E-state index in [0.717, 1.165) is 27.7 Å². The van der Waals surface area contributed by atoms with Gasteiger partial charge in [-0.25, -0.2) is 4.98 Å². The van der Waals surface area contributed by atoms with Crippen LogP contribution in [0.15, 0.2) is 63.9 Å². The van der Waals surface area contributed by atoms with Gasteiger partial charge in [-0.15, -0.1) is 0 Å². The van der Waals surface area contributed by atoms with Crippen LogP contribution in [0.1, 0.15) is 5.89 Å². The number of fused-ring (bicyclic) bond motifs is 2. The van der Waals surface area contributed by atoms with Crippen molar-refractivity contribution < 1.29 is 4.42 Å². The van der Waals surface area contributed by atoms with Gasteiger partial charge in [-0.05, 0) is 35.9 Å². The number of nitrogens with zero attached hydrogens (tertiary/aromatic N) is 2. The van der Waals surface area contributed by atoms with Gasteiger partial charge in [-0.2, -0.15) is 0 Å². The van der Waals surface area contributed by atoms with E-state index < -0.39 is 0 Å². The number of pyridine rings is 2. The first-order chi connectivity index (χ1) is 10.2. The maximum atomic E-state index is 11.9. The average Bonchev–Trinajstić information content (AvgIpc) is 2.87. The van der Waals surface area contributed by atoms with Crippen LogP contribution in [0.5, 0.6) is 0 Å². The highest BCUT2D eigenvalue weighted by Crippen LogP contribution is 2.27. The zero-order chi connectivity index (χ0) is 14.4. The molecule has 0 N–H and O–H groups in total. The van der Waals surface area contributed by atoms with E-state index in [1.54, 1.807) is 16.7 Å². The van der Waals surface area contributed by atoms with Crippen molar-refractivity contribution in [3.05, 3.63) is 71.0 Å². The molecule has 0 aliphatic rings. The molecule has 3 heterocycles. The number of benzene rings is 1. The third-order valence-corrected chi connectivity index (χ3v) is 3.57. The van der Waals surface area contributed by atoms with Gasteiger partial charge in [0.1, 0.15) is 5.52 Å². The molecule has 0 fully saturated rings. The molecule has 102 valence electrons. The minimum atomic E-state index is -0.0362. The van der Waals surface area contributed by atoms with Crippen molar-refractivity contribution in [3.63, 3.8) is 0 Å². The van der Waals surface area contributed by atoms with Gasteiger partial charge in [0.05, 0.1) is 5.52 Å². The highest BCUT2D eigenvalue weighted by Gasteiger charge is 2.08. The van der Waals surface area contributed by atoms with Crippen molar-refractivity contribution in [3.8, 4) is 11.1 Å². The molecule has 4 heteroatoms. The van der Waals surface area contributed by atoms with Crippen molar-refractivity contribution in [2.45, 2.75) is 6.92 Å². The molecule has 1 aromatic carbocycles. The van der Waals surface area contributed by atoms with Gasteiger partial charge in [0.2, 0.25) is 0 Å². The molecule has 0 aliphatic heterocycles. The topological polar surface area (TPSA) is 47.5 Å². The largest absolute Gasteiger partial charge is 0.441 e. The molecule has 0 spiro atoms. The summed E-state index contributed by atoms with van der Waals surface area (Å²) in [6, 6.07) is 15.0. The Bertz CT molecular complexity index is 1030. The van der Waals surface area contributed by atoms with E-state index in [4.69, 9.17) is 4.42 Å². The Morgan fingerprint density at radius 1 is 1.10 bits per heavy atom. The van der Waals surface area contributed by atoms with Gasteiger partial charge < -0.3 is 4.42 Å². The first-order valence-electron chi connectivity index (χ1n) is 6.70. The molecule has 21 heavy (non-hydrogen) atoms. The summed E-state index contributed by atoms with van der Waals surface area (Å²) in [5.74, 6) is 0.649. The van der Waals surface area contributed by atoms with Gasteiger partial charge >= 0.3 is 0 Å². The summed E-state index contributed by atoms with van der Waals surface area (Å²) in [5, 5.41) is 0. The van der Waals surface area contributed by atoms with E-state index in [0.29, 0.717) is 5.89 Å². The number of aromatic nitrogens is 2. The SMILES string of the molecule is Cc1nc2ccc(-c3ccc(=O)n4ccccc34)cc2o1. The summed E-state index contributed by atoms with van der Waals surface area (Å²) < 4.78 is 7.23. The van der Waals surface area contributed by atoms with Gasteiger partial charge in [0.15, 0.2) is 11.5 Å². The minimum Gasteiger partial charge on any atom is -0.441 e. The third-order valence-electron chi connectivity index (χ3n) is 3.57. The number of aryl methyl sites for hydroxylation is 1. The molecule has 0 aliphatic carbocycles. The fourth-order valence-electron chi connectivity index (χ4n) is 2.63. The number of oxazole rings is 1. The predicted molar refractivity (Wildman–Crippen MR) is 81.4 cm³/mol. The van der Waals surface area contributed by atoms with Gasteiger partial charge in [0, 0.05) is 24.8 Å². The highest BCUT2D eigenvalue weighted by molar-refractivity contribution is 5.86. The second kappa shape index (κ2) is 4.31. The molecule has 0 atom stereocenters. The zero-order valence-electron chi connectivity index (χ0n) is 11.4. The summed E-state index contributed by atoms with van der Waals surface area (Å²) in [4.78, 5) is 16.2. The zero-order valence-corrected chi connectivity index (χ0v) is 11.4. The average molecular weight is 276 g/mol. The van der Waals surface area contributed by atoms with Crippen LogP contribution in [-0.4, -0.2) is 9.38 Å². The lowest BCUT2D eigenvalue weighted by atomic mass is 10.0. The monoisotopic (exact) mass is 276 g/mol. The normalized spacial score (nSPS) is 11.3. The maximum absolute atomic E-state index is 11.9. The van der Waals surface area contributed by atoms with Crippen LogP contribution in [0.25, 0.3) is 27.7 Å². The van der Waals surface area contributed by atoms with Gasteiger partial charge in [-0.1, -0.05) is 12.1 Å². The molecule has 0 bridgehead atoms. The highest BCUT2D eigenvalue weighted by atomic mass is 16.3. The summed E-state index contributed by atoms with van der Waals surface area (Å²) >= 11 is 0. The molecule has 4 aromatic rings. The van der Waals surface area contributed by atoms with Crippen molar-refractivity contribution in [2.75, 3.05) is 0 Å². The predicted octanol–water partition coefficient (Wildman–Crippen LogP) is 3.42. The second-order valence-electron chi connectivity index (χ2n) is 4.96. The van der Waals surface area contributed by atoms with Crippen LogP contribution in [0, 0.1) is 6.92 Å². The summed E-state index contributed by atoms with van der Waals surface area (Å²) in [5.41, 5.74) is 4.43. The quantitative estimate of drug-likeness (QED) is 0.535. The second-order valence-corrected chi connectivity index (χ2v) is 4.96. The molecule has 0 unspecified atom stereocenters. The maximum Gasteiger partial charge on any atom is 0.255 e. The van der Waals surface area contributed by atoms with Crippen molar-refractivity contribution in [1.82, 2.24) is 9.38 Å². The fourth-order valence-corrected chi connectivity index (χ4v) is 2.63. The number of hydrogen-bond acceptors (Lipinski definition) is 3. The van der Waals surface area contributed by atoms with E-state index in [9.17, 15) is 4.79 Å². The summed E-state index contributed by atoms with van der Waals surface area (Å²) in [6.07, 6.45) is 1.78. The minimum absolute atomic E-state index is 0.0362. The van der Waals surface area contributed by atoms with Gasteiger partial charge in [-0.3, -0.25) is 9.20 Å². The van der Waals surface area contributed by atoms with E-state index in [2.05, 4.69) is 4.98 Å². The lowest BCUT2D eigenvalue weighted by molar-refractivity contribution is 0.561. The molecule has 3 aromatic heterocycles. The van der Waals surface area contributed by atoms with Crippen LogP contribution in [-0.2, 0) is 0 Å². The Hall–Kier alpha value is -2.88. The van der Waals surface area contributed by atoms with Crippen molar-refractivity contribution >= 4 is 16.6 Å². The molecule has 4 rings (SSSR count). The van der Waals surface area contributed by atoms with Crippen LogP contribution >= 0.6 is 0 Å². The first-order valence-corrected chi connectivity index (χ1v) is 6.70. The van der Waals surface area contributed by atoms with E-state index in [1.807, 2.05) is 49.4 Å². The Morgan fingerprint density at radius 3 is 2.90 bits per heavy atom. The Labute approximate surface area is 120 Å². The summed E-state index contributed by atoms with van der Waals surface area (Å²) in [7, 11) is 0. The Morgan fingerprint density at radius 2 is 2.00 bits per heavy atom. The first kappa shape index (κ1) is 11.9. The lowest BCUT2D eigenvalue weighted by Gasteiger charge is -2.07. The van der Waals surface area contributed by atoms with Crippen molar-refractivity contribution in [2.24, 2.45) is 0 Å². The standard InChI is InChI=1S/C17H12N2O2/c1-11-18-14-7-5-12(10-16(14)21-11)13-6-8-17(20)19-9-3-2-4-15(13)19/h2-10H,1H3. The lowest BCUT2D eigenvalue weighted by Crippen LogP contribution is -2.11. The van der Waals surface area contributed by atoms with E-state index >= 15 is 0 Å². The molecule has 0 saturated heterocycles. The molecule has 0 radical (unpaired) electrons. The van der Waals surface area contributed by atoms with E-state index in [1.165, 1.54) is 0 Å². The fraction of sp³-hybridized carbons (Fsp3) is 0.0588. The summed E-state index contributed by atoms with van der Waals surface area (Å²) in [6.45, 7) is 1.83. The molecule has 4 nitrogen and oxygen atoms in total. The van der Waals surface area contributed by atoms with E-state index in [-0.39, 0.29) is 5.56 Å². The Kier molecular flexibility index (Phi) is 2.44. The Balaban J connectivity index is 2.04. The van der Waals surface area contributed by atoms with Crippen LogP contribution in [0.4, 0.5) is 0 Å². The van der Waals surface area contributed by atoms with Crippen LogP contribution in [0.3, 0.4) is 0 Å². The molecule has 0 saturated carbocycles. The van der Waals surface area contributed by atoms with Crippen LogP contribution < -0.4 is 5.56 Å². The molecular weight excluding hydrogens is 264 g/mol. The van der Waals surface area contributed by atoms with Crippen molar-refractivity contribution in [1.29, 1.82) is 0 Å². The van der Waals surface area contributed by atoms with Crippen LogP contribution in [0.2, 0.25) is 0 Å². The number of hydrogen-bond donors (Lipinski definition) is 0. The smallest absolute Gasteiger partial charge is 0.255 e. The third kappa shape index (κ3) is 1.84. The number of rotatable bonds is 1. The molecular formula is C17H12N2O2.